The smallest absolute Gasteiger partial charge is 0.260 e. The summed E-state index contributed by atoms with van der Waals surface area (Å²) in [5.41, 5.74) is 3.45. The standard InChI is InChI=1S/C21H21Cl2N3O3/c1-12-5-7-14(8-6-12)11-26-20(23)19(13(2)25-26)21(27)24-16-10-17(28-3)15(22)9-18(16)29-4/h5-10H,11H2,1-4H3,(H,24,27). The molecule has 0 fully saturated rings. The number of nitrogens with one attached hydrogen (secondary N) is 1. The number of methoxy groups -OCH3 is 2. The molecule has 0 saturated carbocycles. The number of halogens is 2. The average molecular weight is 434 g/mol. The van der Waals surface area contributed by atoms with E-state index in [0.717, 1.165) is 5.56 Å². The predicted molar refractivity (Wildman–Crippen MR) is 115 cm³/mol. The third-order valence-electron chi connectivity index (χ3n) is 4.47. The highest BCUT2D eigenvalue weighted by molar-refractivity contribution is 6.34. The van der Waals surface area contributed by atoms with Gasteiger partial charge < -0.3 is 14.8 Å². The van der Waals surface area contributed by atoms with Gasteiger partial charge in [-0.2, -0.15) is 5.10 Å². The van der Waals surface area contributed by atoms with E-state index in [9.17, 15) is 4.79 Å². The van der Waals surface area contributed by atoms with Gasteiger partial charge in [-0.3, -0.25) is 4.79 Å². The summed E-state index contributed by atoms with van der Waals surface area (Å²) in [5, 5.41) is 7.88. The van der Waals surface area contributed by atoms with Crippen LogP contribution in [0.3, 0.4) is 0 Å². The number of hydrogen-bond donors (Lipinski definition) is 1. The third-order valence-corrected chi connectivity index (χ3v) is 5.15. The Bertz CT molecular complexity index is 1050. The van der Waals surface area contributed by atoms with Crippen LogP contribution in [-0.4, -0.2) is 29.9 Å². The van der Waals surface area contributed by atoms with Crippen molar-refractivity contribution in [3.05, 3.63) is 69.0 Å². The number of aromatic nitrogens is 2. The van der Waals surface area contributed by atoms with Crippen molar-refractivity contribution in [1.82, 2.24) is 9.78 Å². The van der Waals surface area contributed by atoms with Crippen molar-refractivity contribution in [1.29, 1.82) is 0 Å². The molecule has 3 aromatic rings. The summed E-state index contributed by atoms with van der Waals surface area (Å²) in [6, 6.07) is 11.2. The fourth-order valence-corrected chi connectivity index (χ4v) is 3.48. The molecule has 0 radical (unpaired) electrons. The molecule has 0 aliphatic heterocycles. The van der Waals surface area contributed by atoms with E-state index in [1.54, 1.807) is 23.7 Å². The molecular formula is C21H21Cl2N3O3. The highest BCUT2D eigenvalue weighted by Gasteiger charge is 2.22. The summed E-state index contributed by atoms with van der Waals surface area (Å²) in [4.78, 5) is 12.9. The van der Waals surface area contributed by atoms with Crippen molar-refractivity contribution in [3.8, 4) is 11.5 Å². The molecule has 152 valence electrons. The van der Waals surface area contributed by atoms with E-state index in [2.05, 4.69) is 10.4 Å². The van der Waals surface area contributed by atoms with Gasteiger partial charge in [-0.1, -0.05) is 53.0 Å². The molecule has 0 saturated heterocycles. The Morgan fingerprint density at radius 3 is 2.34 bits per heavy atom. The van der Waals surface area contributed by atoms with Crippen LogP contribution in [0.5, 0.6) is 11.5 Å². The van der Waals surface area contributed by atoms with Crippen molar-refractivity contribution in [3.63, 3.8) is 0 Å². The van der Waals surface area contributed by atoms with Crippen LogP contribution < -0.4 is 14.8 Å². The summed E-state index contributed by atoms with van der Waals surface area (Å²) in [6.45, 7) is 4.23. The third kappa shape index (κ3) is 4.49. The lowest BCUT2D eigenvalue weighted by Gasteiger charge is -2.13. The molecule has 0 atom stereocenters. The molecule has 1 amide bonds. The number of carbonyl (C=O) groups is 1. The second-order valence-corrected chi connectivity index (χ2v) is 7.30. The van der Waals surface area contributed by atoms with E-state index >= 15 is 0 Å². The van der Waals surface area contributed by atoms with Crippen LogP contribution in [-0.2, 0) is 6.54 Å². The van der Waals surface area contributed by atoms with Gasteiger partial charge in [0, 0.05) is 12.1 Å². The first-order valence-corrected chi connectivity index (χ1v) is 9.61. The zero-order chi connectivity index (χ0) is 21.1. The molecule has 1 heterocycles. The maximum atomic E-state index is 12.9. The van der Waals surface area contributed by atoms with Crippen LogP contribution >= 0.6 is 23.2 Å². The first-order valence-electron chi connectivity index (χ1n) is 8.85. The number of hydrogen-bond acceptors (Lipinski definition) is 4. The number of amides is 1. The highest BCUT2D eigenvalue weighted by Crippen LogP contribution is 2.36. The van der Waals surface area contributed by atoms with Gasteiger partial charge in [0.2, 0.25) is 0 Å². The zero-order valence-corrected chi connectivity index (χ0v) is 18.1. The van der Waals surface area contributed by atoms with E-state index in [1.807, 2.05) is 31.2 Å². The van der Waals surface area contributed by atoms with Gasteiger partial charge in [-0.15, -0.1) is 0 Å². The van der Waals surface area contributed by atoms with E-state index in [0.29, 0.717) is 40.0 Å². The number of rotatable bonds is 6. The zero-order valence-electron chi connectivity index (χ0n) is 16.5. The van der Waals surface area contributed by atoms with Gasteiger partial charge in [0.05, 0.1) is 42.7 Å². The number of carbonyl (C=O) groups excluding carboxylic acids is 1. The molecule has 6 nitrogen and oxygen atoms in total. The van der Waals surface area contributed by atoms with Gasteiger partial charge in [0.25, 0.3) is 5.91 Å². The Morgan fingerprint density at radius 1 is 1.07 bits per heavy atom. The molecule has 0 unspecified atom stereocenters. The van der Waals surface area contributed by atoms with Crippen LogP contribution in [0.15, 0.2) is 36.4 Å². The monoisotopic (exact) mass is 433 g/mol. The minimum absolute atomic E-state index is 0.264. The molecule has 1 N–H and O–H groups in total. The molecule has 0 spiro atoms. The van der Waals surface area contributed by atoms with Gasteiger partial charge in [-0.05, 0) is 19.4 Å². The Hall–Kier alpha value is -2.70. The fourth-order valence-electron chi connectivity index (χ4n) is 2.93. The molecule has 1 aromatic heterocycles. The lowest BCUT2D eigenvalue weighted by atomic mass is 10.1. The van der Waals surface area contributed by atoms with E-state index < -0.39 is 5.91 Å². The van der Waals surface area contributed by atoms with Crippen LogP contribution in [0.25, 0.3) is 0 Å². The van der Waals surface area contributed by atoms with Crippen molar-refractivity contribution >= 4 is 34.8 Å². The summed E-state index contributed by atoms with van der Waals surface area (Å²) < 4.78 is 12.1. The number of ether oxygens (including phenoxy) is 2. The summed E-state index contributed by atoms with van der Waals surface area (Å²) in [7, 11) is 2.99. The normalized spacial score (nSPS) is 10.7. The molecule has 29 heavy (non-hydrogen) atoms. The Balaban J connectivity index is 1.88. The summed E-state index contributed by atoms with van der Waals surface area (Å²) >= 11 is 12.6. The van der Waals surface area contributed by atoms with E-state index in [4.69, 9.17) is 32.7 Å². The number of nitrogens with zero attached hydrogens (tertiary/aromatic N) is 2. The van der Waals surface area contributed by atoms with E-state index in [1.165, 1.54) is 19.8 Å². The number of benzene rings is 2. The topological polar surface area (TPSA) is 65.4 Å². The quantitative estimate of drug-likeness (QED) is 0.585. The van der Waals surface area contributed by atoms with Gasteiger partial charge in [0.15, 0.2) is 0 Å². The predicted octanol–water partition coefficient (Wildman–Crippen LogP) is 5.12. The maximum absolute atomic E-state index is 12.9. The largest absolute Gasteiger partial charge is 0.495 e. The second-order valence-electron chi connectivity index (χ2n) is 6.54. The molecule has 2 aromatic carbocycles. The van der Waals surface area contributed by atoms with Crippen molar-refractivity contribution in [2.24, 2.45) is 0 Å². The van der Waals surface area contributed by atoms with Crippen molar-refractivity contribution in [2.75, 3.05) is 19.5 Å². The lowest BCUT2D eigenvalue weighted by Crippen LogP contribution is -2.14. The first kappa shape index (κ1) is 21.0. The van der Waals surface area contributed by atoms with Crippen molar-refractivity contribution < 1.29 is 14.3 Å². The molecule has 0 aliphatic carbocycles. The van der Waals surface area contributed by atoms with E-state index in [-0.39, 0.29) is 5.15 Å². The molecule has 8 heteroatoms. The molecular weight excluding hydrogens is 413 g/mol. The minimum atomic E-state index is -0.398. The SMILES string of the molecule is COc1cc(NC(=O)c2c(C)nn(Cc3ccc(C)cc3)c2Cl)c(OC)cc1Cl. The Kier molecular flexibility index (Phi) is 6.35. The number of anilines is 1. The van der Waals surface area contributed by atoms with Gasteiger partial charge in [-0.25, -0.2) is 4.68 Å². The molecule has 3 rings (SSSR count). The molecule has 0 aliphatic rings. The fraction of sp³-hybridized carbons (Fsp3) is 0.238. The van der Waals surface area contributed by atoms with Crippen LogP contribution in [0.4, 0.5) is 5.69 Å². The first-order chi connectivity index (χ1) is 13.8. The van der Waals surface area contributed by atoms with Crippen LogP contribution in [0.1, 0.15) is 27.2 Å². The van der Waals surface area contributed by atoms with Crippen LogP contribution in [0.2, 0.25) is 10.2 Å². The van der Waals surface area contributed by atoms with Gasteiger partial charge >= 0.3 is 0 Å². The second kappa shape index (κ2) is 8.76. The molecule has 0 bridgehead atoms. The number of aryl methyl sites for hydroxylation is 2. The Labute approximate surface area is 179 Å². The average Bonchev–Trinajstić information content (AvgIpc) is 2.97. The van der Waals surface area contributed by atoms with Gasteiger partial charge in [0.1, 0.15) is 16.7 Å². The summed E-state index contributed by atoms with van der Waals surface area (Å²) in [5.74, 6) is 0.427. The minimum Gasteiger partial charge on any atom is -0.495 e. The lowest BCUT2D eigenvalue weighted by molar-refractivity contribution is 0.102. The Morgan fingerprint density at radius 2 is 1.72 bits per heavy atom. The maximum Gasteiger partial charge on any atom is 0.260 e. The highest BCUT2D eigenvalue weighted by atomic mass is 35.5. The van der Waals surface area contributed by atoms with Crippen molar-refractivity contribution in [2.45, 2.75) is 20.4 Å². The summed E-state index contributed by atoms with van der Waals surface area (Å²) in [6.07, 6.45) is 0. The van der Waals surface area contributed by atoms with Crippen LogP contribution in [0, 0.1) is 13.8 Å².